The molecule has 9 nitrogen and oxygen atoms in total. The van der Waals surface area contributed by atoms with Crippen molar-refractivity contribution in [2.45, 2.75) is 68.6 Å². The molecular formula is C17H28N2O7Pt. The average molecular weight is 567 g/mol. The third kappa shape index (κ3) is 4.38. The monoisotopic (exact) mass is 567 g/mol. The molecule has 2 bridgehead atoms. The first-order valence-electron chi connectivity index (χ1n) is 9.24. The van der Waals surface area contributed by atoms with E-state index >= 15 is 0 Å². The van der Waals surface area contributed by atoms with Gasteiger partial charge in [0.15, 0.2) is 6.29 Å². The number of aliphatic carboxylic acids is 2. The Labute approximate surface area is 172 Å². The number of carboxylic acids is 2. The van der Waals surface area contributed by atoms with Gasteiger partial charge in [0.2, 0.25) is 0 Å². The van der Waals surface area contributed by atoms with E-state index in [4.69, 9.17) is 25.7 Å². The molecule has 3 heterocycles. The van der Waals surface area contributed by atoms with E-state index in [1.807, 2.05) is 0 Å². The maximum absolute atomic E-state index is 11.4. The molecule has 6 N–H and O–H groups in total. The van der Waals surface area contributed by atoms with Crippen LogP contribution in [0.4, 0.5) is 0 Å². The van der Waals surface area contributed by atoms with Gasteiger partial charge in [-0.1, -0.05) is 12.8 Å². The zero-order valence-corrected chi connectivity index (χ0v) is 17.3. The van der Waals surface area contributed by atoms with Crippen molar-refractivity contribution in [3.05, 3.63) is 0 Å². The molecule has 0 spiro atoms. The molecule has 0 aromatic heterocycles. The minimum Gasteiger partial charge on any atom is -0.481 e. The largest absolute Gasteiger partial charge is 0.481 e. The molecule has 1 aliphatic carbocycles. The Kier molecular flexibility index (Phi) is 7.81. The molecule has 6 atom stereocenters. The summed E-state index contributed by atoms with van der Waals surface area (Å²) in [7, 11) is 0. The molecule has 4 aliphatic rings. The number of hydrogen-bond donors (Lipinski definition) is 4. The Bertz CT molecular complexity index is 535. The van der Waals surface area contributed by atoms with Crippen molar-refractivity contribution in [3.8, 4) is 0 Å². The van der Waals surface area contributed by atoms with Crippen LogP contribution in [0.3, 0.4) is 0 Å². The fourth-order valence-corrected chi connectivity index (χ4v) is 4.58. The van der Waals surface area contributed by atoms with Crippen LogP contribution < -0.4 is 11.5 Å². The summed E-state index contributed by atoms with van der Waals surface area (Å²) in [5, 5.41) is 18.5. The van der Waals surface area contributed by atoms with Gasteiger partial charge < -0.3 is 35.9 Å². The number of carbonyl (C=O) groups is 2. The molecule has 0 aromatic carbocycles. The van der Waals surface area contributed by atoms with E-state index in [2.05, 4.69) is 0 Å². The molecule has 4 rings (SSSR count). The predicted molar refractivity (Wildman–Crippen MR) is 89.2 cm³/mol. The summed E-state index contributed by atoms with van der Waals surface area (Å²) in [5.74, 6) is -4.43. The summed E-state index contributed by atoms with van der Waals surface area (Å²) in [6.07, 6.45) is 4.46. The SMILES string of the molecule is N[C@@H]1CCCC[C@@H]1N.O=C(O)C1C2CCC(C3OCCO3)(O2)C1C(=O)O.[Pt]. The van der Waals surface area contributed by atoms with Crippen molar-refractivity contribution < 1.29 is 55.1 Å². The Balaban J connectivity index is 0.000000247. The fourth-order valence-electron chi connectivity index (χ4n) is 4.58. The summed E-state index contributed by atoms with van der Waals surface area (Å²) in [4.78, 5) is 22.7. The zero-order chi connectivity index (χ0) is 18.9. The van der Waals surface area contributed by atoms with Gasteiger partial charge in [0.05, 0.1) is 25.2 Å². The first kappa shape index (κ1) is 22.7. The Hall–Kier alpha value is -0.572. The van der Waals surface area contributed by atoms with Crippen LogP contribution in [0.15, 0.2) is 0 Å². The topological polar surface area (TPSA) is 154 Å². The van der Waals surface area contributed by atoms with Gasteiger partial charge in [0.1, 0.15) is 11.5 Å². The van der Waals surface area contributed by atoms with Crippen LogP contribution in [0.25, 0.3) is 0 Å². The summed E-state index contributed by atoms with van der Waals surface area (Å²) >= 11 is 0. The van der Waals surface area contributed by atoms with E-state index in [9.17, 15) is 19.8 Å². The van der Waals surface area contributed by atoms with Gasteiger partial charge in [-0.3, -0.25) is 9.59 Å². The maximum Gasteiger partial charge on any atom is 0.310 e. The van der Waals surface area contributed by atoms with Crippen LogP contribution in [0.2, 0.25) is 0 Å². The number of nitrogens with two attached hydrogens (primary N) is 2. The molecule has 4 unspecified atom stereocenters. The van der Waals surface area contributed by atoms with Crippen LogP contribution in [0.5, 0.6) is 0 Å². The van der Waals surface area contributed by atoms with E-state index in [0.717, 1.165) is 12.8 Å². The van der Waals surface area contributed by atoms with Crippen molar-refractivity contribution >= 4 is 11.9 Å². The van der Waals surface area contributed by atoms with E-state index in [-0.39, 0.29) is 33.1 Å². The minimum atomic E-state index is -1.16. The van der Waals surface area contributed by atoms with Gasteiger partial charge in [-0.25, -0.2) is 0 Å². The molecule has 27 heavy (non-hydrogen) atoms. The van der Waals surface area contributed by atoms with Crippen molar-refractivity contribution in [1.82, 2.24) is 0 Å². The van der Waals surface area contributed by atoms with Crippen LogP contribution >= 0.6 is 0 Å². The third-order valence-corrected chi connectivity index (χ3v) is 5.92. The van der Waals surface area contributed by atoms with Crippen LogP contribution in [0.1, 0.15) is 38.5 Å². The van der Waals surface area contributed by atoms with Crippen molar-refractivity contribution in [3.63, 3.8) is 0 Å². The molecule has 3 aliphatic heterocycles. The smallest absolute Gasteiger partial charge is 0.310 e. The predicted octanol–water partition coefficient (Wildman–Crippen LogP) is -0.0952. The van der Waals surface area contributed by atoms with Crippen LogP contribution in [0, 0.1) is 11.8 Å². The minimum absolute atomic E-state index is 0. The zero-order valence-electron chi connectivity index (χ0n) is 15.0. The molecule has 4 fully saturated rings. The number of hydrogen-bond acceptors (Lipinski definition) is 7. The first-order chi connectivity index (χ1) is 12.4. The van der Waals surface area contributed by atoms with Gasteiger partial charge in [0.25, 0.3) is 0 Å². The second kappa shape index (κ2) is 9.28. The fraction of sp³-hybridized carbons (Fsp3) is 0.882. The van der Waals surface area contributed by atoms with E-state index in [0.29, 0.717) is 26.1 Å². The van der Waals surface area contributed by atoms with Gasteiger partial charge in [0, 0.05) is 33.1 Å². The Morgan fingerprint density at radius 1 is 0.926 bits per heavy atom. The molecule has 0 radical (unpaired) electrons. The van der Waals surface area contributed by atoms with Crippen molar-refractivity contribution in [2.24, 2.45) is 23.3 Å². The molecule has 0 aromatic rings. The summed E-state index contributed by atoms with van der Waals surface area (Å²) < 4.78 is 16.4. The van der Waals surface area contributed by atoms with E-state index in [1.54, 1.807) is 0 Å². The normalized spacial score (nSPS) is 40.7. The van der Waals surface area contributed by atoms with Gasteiger partial charge in [-0.15, -0.1) is 0 Å². The number of rotatable bonds is 3. The molecule has 3 saturated heterocycles. The second-order valence-electron chi connectivity index (χ2n) is 7.52. The second-order valence-corrected chi connectivity index (χ2v) is 7.52. The Morgan fingerprint density at radius 2 is 1.48 bits per heavy atom. The maximum atomic E-state index is 11.4. The quantitative estimate of drug-likeness (QED) is 0.366. The van der Waals surface area contributed by atoms with Gasteiger partial charge in [-0.2, -0.15) is 0 Å². The van der Waals surface area contributed by atoms with Crippen LogP contribution in [-0.4, -0.2) is 65.4 Å². The molecule has 0 amide bonds. The number of carboxylic acid groups (broad SMARTS) is 2. The summed E-state index contributed by atoms with van der Waals surface area (Å²) in [6.45, 7) is 0.759. The standard InChI is InChI=1S/C11H14O7.C6H14N2.Pt/c12-8(13)6-5-1-2-11(18-5,7(6)9(14)15)10-16-3-4-17-10;7-5-3-1-2-4-6(5)8;/h5-7,10H,1-4H2,(H,12,13)(H,14,15);5-6H,1-4,7-8H2;/t;5-,6+;. The number of fused-ring (bicyclic) bond motifs is 2. The van der Waals surface area contributed by atoms with Crippen LogP contribution in [-0.2, 0) is 44.9 Å². The average Bonchev–Trinajstić information content (AvgIpc) is 3.32. The van der Waals surface area contributed by atoms with Gasteiger partial charge in [-0.05, 0) is 25.7 Å². The molecule has 158 valence electrons. The summed E-state index contributed by atoms with van der Waals surface area (Å²) in [5.41, 5.74) is 10.2. The molecule has 1 saturated carbocycles. The van der Waals surface area contributed by atoms with Crippen molar-refractivity contribution in [2.75, 3.05) is 13.2 Å². The third-order valence-electron chi connectivity index (χ3n) is 5.92. The molecular weight excluding hydrogens is 539 g/mol. The summed E-state index contributed by atoms with van der Waals surface area (Å²) in [6, 6.07) is 0.562. The van der Waals surface area contributed by atoms with Crippen molar-refractivity contribution in [1.29, 1.82) is 0 Å². The number of ether oxygens (including phenoxy) is 3. The Morgan fingerprint density at radius 3 is 1.93 bits per heavy atom. The molecule has 10 heteroatoms. The van der Waals surface area contributed by atoms with E-state index < -0.39 is 41.8 Å². The van der Waals surface area contributed by atoms with Gasteiger partial charge >= 0.3 is 11.9 Å². The first-order valence-corrected chi connectivity index (χ1v) is 9.24. The van der Waals surface area contributed by atoms with E-state index in [1.165, 1.54) is 12.8 Å².